The van der Waals surface area contributed by atoms with Crippen LogP contribution in [0.25, 0.3) is 0 Å². The highest BCUT2D eigenvalue weighted by atomic mass is 35.6. The topological polar surface area (TPSA) is 61.8 Å². The van der Waals surface area contributed by atoms with Crippen LogP contribution in [-0.2, 0) is 22.9 Å². The molecule has 0 N–H and O–H groups in total. The number of phosphoric acid groups is 1. The zero-order valence-electron chi connectivity index (χ0n) is 8.04. The SMILES string of the molecule is CCOP(=O)(OCC)OC(=O)C(Cl)(Cl)Cl. The van der Waals surface area contributed by atoms with E-state index in [-0.39, 0.29) is 13.2 Å². The molecular formula is C6H10Cl3O5P. The summed E-state index contributed by atoms with van der Waals surface area (Å²) in [6, 6.07) is 0. The zero-order valence-corrected chi connectivity index (χ0v) is 11.2. The second-order valence-corrected chi connectivity index (χ2v) is 6.03. The van der Waals surface area contributed by atoms with Gasteiger partial charge in [-0.05, 0) is 13.8 Å². The van der Waals surface area contributed by atoms with Gasteiger partial charge in [-0.15, -0.1) is 0 Å². The Morgan fingerprint density at radius 2 is 1.60 bits per heavy atom. The maximum Gasteiger partial charge on any atom is 0.532 e. The first-order valence-electron chi connectivity index (χ1n) is 3.95. The highest BCUT2D eigenvalue weighted by Gasteiger charge is 2.40. The maximum atomic E-state index is 11.6. The standard InChI is InChI=1S/C6H10Cl3O5P/c1-3-12-15(11,13-4-2)14-5(10)6(7,8)9/h3-4H2,1-2H3. The van der Waals surface area contributed by atoms with Crippen LogP contribution >= 0.6 is 42.6 Å². The van der Waals surface area contributed by atoms with Gasteiger partial charge >= 0.3 is 13.8 Å². The van der Waals surface area contributed by atoms with Crippen molar-refractivity contribution in [3.05, 3.63) is 0 Å². The molecule has 0 heterocycles. The van der Waals surface area contributed by atoms with Crippen LogP contribution in [0.15, 0.2) is 0 Å². The van der Waals surface area contributed by atoms with Gasteiger partial charge in [0.15, 0.2) is 0 Å². The maximum absolute atomic E-state index is 11.6. The number of carbonyl (C=O) groups excluding carboxylic acids is 1. The van der Waals surface area contributed by atoms with Crippen molar-refractivity contribution in [1.82, 2.24) is 0 Å². The van der Waals surface area contributed by atoms with Crippen molar-refractivity contribution in [3.63, 3.8) is 0 Å². The van der Waals surface area contributed by atoms with Crippen LogP contribution in [0.2, 0.25) is 0 Å². The molecule has 0 radical (unpaired) electrons. The average Bonchev–Trinajstić information content (AvgIpc) is 2.02. The monoisotopic (exact) mass is 298 g/mol. The minimum absolute atomic E-state index is 0.0322. The van der Waals surface area contributed by atoms with Gasteiger partial charge in [0.1, 0.15) is 0 Å². The summed E-state index contributed by atoms with van der Waals surface area (Å²) < 4.78 is 23.0. The molecule has 0 unspecified atom stereocenters. The van der Waals surface area contributed by atoms with Crippen molar-refractivity contribution in [1.29, 1.82) is 0 Å². The zero-order chi connectivity index (χ0) is 12.1. The van der Waals surface area contributed by atoms with E-state index in [1.54, 1.807) is 13.8 Å². The lowest BCUT2D eigenvalue weighted by Crippen LogP contribution is -2.21. The van der Waals surface area contributed by atoms with E-state index in [2.05, 4.69) is 13.6 Å². The summed E-state index contributed by atoms with van der Waals surface area (Å²) in [4.78, 5) is 11.1. The van der Waals surface area contributed by atoms with E-state index in [0.717, 1.165) is 0 Å². The van der Waals surface area contributed by atoms with E-state index >= 15 is 0 Å². The molecule has 0 saturated carbocycles. The summed E-state index contributed by atoms with van der Waals surface area (Å²) in [5.74, 6) is -1.31. The molecule has 0 amide bonds. The lowest BCUT2D eigenvalue weighted by atomic mass is 10.8. The molecule has 0 fully saturated rings. The van der Waals surface area contributed by atoms with Crippen molar-refractivity contribution >= 4 is 48.6 Å². The highest BCUT2D eigenvalue weighted by molar-refractivity contribution is 7.49. The fourth-order valence-electron chi connectivity index (χ4n) is 0.560. The Labute approximate surface area is 103 Å². The third-order valence-electron chi connectivity index (χ3n) is 1.00. The van der Waals surface area contributed by atoms with Gasteiger partial charge < -0.3 is 4.52 Å². The van der Waals surface area contributed by atoms with Crippen LogP contribution in [-0.4, -0.2) is 23.0 Å². The first-order valence-corrected chi connectivity index (χ1v) is 6.54. The van der Waals surface area contributed by atoms with Gasteiger partial charge in [-0.2, -0.15) is 0 Å². The predicted octanol–water partition coefficient (Wildman–Crippen LogP) is 3.08. The third kappa shape index (κ3) is 5.95. The highest BCUT2D eigenvalue weighted by Crippen LogP contribution is 2.51. The summed E-state index contributed by atoms with van der Waals surface area (Å²) in [7, 11) is -3.97. The Morgan fingerprint density at radius 3 is 1.87 bits per heavy atom. The van der Waals surface area contributed by atoms with Gasteiger partial charge in [-0.25, -0.2) is 9.36 Å². The number of alkyl halides is 3. The molecule has 0 aliphatic heterocycles. The van der Waals surface area contributed by atoms with Gasteiger partial charge in [0, 0.05) is 0 Å². The van der Waals surface area contributed by atoms with Gasteiger partial charge in [-0.1, -0.05) is 34.8 Å². The fraction of sp³-hybridized carbons (Fsp3) is 0.833. The molecule has 0 spiro atoms. The number of hydrogen-bond donors (Lipinski definition) is 0. The number of rotatable bonds is 5. The molecule has 5 nitrogen and oxygen atoms in total. The number of phosphoric ester groups is 1. The van der Waals surface area contributed by atoms with E-state index in [0.29, 0.717) is 0 Å². The fourth-order valence-corrected chi connectivity index (χ4v) is 1.99. The summed E-state index contributed by atoms with van der Waals surface area (Å²) in [6.45, 7) is 3.17. The smallest absolute Gasteiger partial charge is 0.367 e. The van der Waals surface area contributed by atoms with Crippen molar-refractivity contribution in [2.24, 2.45) is 0 Å². The molecule has 0 aromatic heterocycles. The van der Waals surface area contributed by atoms with E-state index in [1.165, 1.54) is 0 Å². The Bertz CT molecular complexity index is 254. The summed E-state index contributed by atoms with van der Waals surface area (Å²) in [5.41, 5.74) is 0. The largest absolute Gasteiger partial charge is 0.532 e. The second-order valence-electron chi connectivity index (χ2n) is 2.16. The van der Waals surface area contributed by atoms with Crippen molar-refractivity contribution in [2.75, 3.05) is 13.2 Å². The first kappa shape index (κ1) is 15.5. The molecule has 0 rings (SSSR count). The summed E-state index contributed by atoms with van der Waals surface area (Å²) in [5, 5.41) is 0. The van der Waals surface area contributed by atoms with Gasteiger partial charge in [0.25, 0.3) is 3.79 Å². The minimum Gasteiger partial charge on any atom is -0.367 e. The van der Waals surface area contributed by atoms with Gasteiger partial charge in [-0.3, -0.25) is 9.05 Å². The Balaban J connectivity index is 4.55. The van der Waals surface area contributed by atoms with Gasteiger partial charge in [0.2, 0.25) is 0 Å². The molecule has 0 atom stereocenters. The molecule has 0 saturated heterocycles. The lowest BCUT2D eigenvalue weighted by Gasteiger charge is -2.17. The molecule has 90 valence electrons. The van der Waals surface area contributed by atoms with Crippen molar-refractivity contribution < 1.29 is 22.9 Å². The third-order valence-corrected chi connectivity index (χ3v) is 3.00. The molecule has 15 heavy (non-hydrogen) atoms. The van der Waals surface area contributed by atoms with Crippen LogP contribution < -0.4 is 0 Å². The van der Waals surface area contributed by atoms with Gasteiger partial charge in [0.05, 0.1) is 13.2 Å². The second kappa shape index (κ2) is 6.28. The molecule has 0 bridgehead atoms. The van der Waals surface area contributed by atoms with E-state index in [4.69, 9.17) is 34.8 Å². The van der Waals surface area contributed by atoms with E-state index in [1.807, 2.05) is 0 Å². The average molecular weight is 299 g/mol. The molecule has 0 aliphatic rings. The summed E-state index contributed by atoms with van der Waals surface area (Å²) in [6.07, 6.45) is 0. The van der Waals surface area contributed by atoms with Crippen molar-refractivity contribution in [2.45, 2.75) is 17.6 Å². The predicted molar refractivity (Wildman–Crippen MR) is 57.2 cm³/mol. The quantitative estimate of drug-likeness (QED) is 0.576. The Hall–Kier alpha value is 0.490. The number of hydrogen-bond acceptors (Lipinski definition) is 5. The Morgan fingerprint density at radius 1 is 1.20 bits per heavy atom. The van der Waals surface area contributed by atoms with E-state index in [9.17, 15) is 9.36 Å². The normalized spacial score (nSPS) is 12.6. The molecule has 0 aliphatic carbocycles. The van der Waals surface area contributed by atoms with Crippen molar-refractivity contribution in [3.8, 4) is 0 Å². The lowest BCUT2D eigenvalue weighted by molar-refractivity contribution is -0.135. The molecule has 0 aromatic rings. The molecular weight excluding hydrogens is 289 g/mol. The van der Waals surface area contributed by atoms with Crippen LogP contribution in [0.1, 0.15) is 13.8 Å². The minimum atomic E-state index is -3.97. The van der Waals surface area contributed by atoms with Crippen LogP contribution in [0.3, 0.4) is 0 Å². The summed E-state index contributed by atoms with van der Waals surface area (Å²) >= 11 is 15.6. The van der Waals surface area contributed by atoms with Crippen LogP contribution in [0, 0.1) is 0 Å². The number of carbonyl (C=O) groups is 1. The number of halogens is 3. The molecule has 9 heteroatoms. The van der Waals surface area contributed by atoms with E-state index < -0.39 is 17.6 Å². The van der Waals surface area contributed by atoms with Crippen LogP contribution in [0.4, 0.5) is 0 Å². The Kier molecular flexibility index (Phi) is 6.49. The first-order chi connectivity index (χ1) is 6.75. The molecule has 0 aromatic carbocycles. The van der Waals surface area contributed by atoms with Crippen LogP contribution in [0.5, 0.6) is 0 Å².